The highest BCUT2D eigenvalue weighted by Gasteiger charge is 2.17. The van der Waals surface area contributed by atoms with E-state index in [1.165, 1.54) is 0 Å². The van der Waals surface area contributed by atoms with Crippen LogP contribution in [-0.2, 0) is 21.0 Å². The van der Waals surface area contributed by atoms with Crippen molar-refractivity contribution in [2.45, 2.75) is 31.9 Å². The normalized spacial score (nSPS) is 12.0. The molecule has 0 heterocycles. The van der Waals surface area contributed by atoms with Crippen LogP contribution >= 0.6 is 0 Å². The van der Waals surface area contributed by atoms with E-state index >= 15 is 0 Å². The minimum Gasteiger partial charge on any atom is -0.506 e. The van der Waals surface area contributed by atoms with E-state index in [-0.39, 0.29) is 16.9 Å². The molecule has 0 aliphatic rings. The van der Waals surface area contributed by atoms with Crippen LogP contribution < -0.4 is 5.32 Å². The monoisotopic (exact) mass is 361 g/mol. The second-order valence-electron chi connectivity index (χ2n) is 7.21. The zero-order valence-electron chi connectivity index (χ0n) is 14.8. The standard InChI is InChI=1S/C19H23NO4S/c1-19(2,3)15-8-9-17(21)16(11-15)20-18(22)14-7-5-6-13(10-14)12-25(4,23)24/h5-11,21H,12H2,1-4H3,(H,20,22). The Morgan fingerprint density at radius 3 is 2.40 bits per heavy atom. The number of amides is 1. The number of hydrogen-bond donors (Lipinski definition) is 2. The van der Waals surface area contributed by atoms with Crippen LogP contribution in [0.2, 0.25) is 0 Å². The zero-order valence-corrected chi connectivity index (χ0v) is 15.6. The molecule has 0 radical (unpaired) electrons. The molecule has 2 aromatic rings. The van der Waals surface area contributed by atoms with Crippen LogP contribution in [0.1, 0.15) is 42.3 Å². The van der Waals surface area contributed by atoms with E-state index < -0.39 is 15.7 Å². The minimum atomic E-state index is -3.18. The highest BCUT2D eigenvalue weighted by Crippen LogP contribution is 2.31. The lowest BCUT2D eigenvalue weighted by Crippen LogP contribution is -2.15. The largest absolute Gasteiger partial charge is 0.506 e. The summed E-state index contributed by atoms with van der Waals surface area (Å²) in [5.74, 6) is -0.552. The minimum absolute atomic E-state index is 0.0198. The third-order valence-electron chi connectivity index (χ3n) is 3.73. The molecule has 1 amide bonds. The Morgan fingerprint density at radius 1 is 1.12 bits per heavy atom. The van der Waals surface area contributed by atoms with E-state index in [0.29, 0.717) is 16.8 Å². The number of carbonyl (C=O) groups excluding carboxylic acids is 1. The number of rotatable bonds is 4. The van der Waals surface area contributed by atoms with Gasteiger partial charge >= 0.3 is 0 Å². The molecule has 0 fully saturated rings. The Labute approximate surface area is 148 Å². The van der Waals surface area contributed by atoms with Gasteiger partial charge in [-0.1, -0.05) is 39.0 Å². The lowest BCUT2D eigenvalue weighted by Gasteiger charge is -2.20. The molecule has 0 aromatic heterocycles. The average molecular weight is 361 g/mol. The fourth-order valence-corrected chi connectivity index (χ4v) is 3.19. The summed E-state index contributed by atoms with van der Waals surface area (Å²) in [4.78, 5) is 12.5. The number of carbonyl (C=O) groups is 1. The number of anilines is 1. The van der Waals surface area contributed by atoms with E-state index in [0.717, 1.165) is 11.8 Å². The van der Waals surface area contributed by atoms with Gasteiger partial charge in [-0.3, -0.25) is 4.79 Å². The second-order valence-corrected chi connectivity index (χ2v) is 9.35. The third-order valence-corrected chi connectivity index (χ3v) is 4.59. The number of hydrogen-bond acceptors (Lipinski definition) is 4. The molecule has 25 heavy (non-hydrogen) atoms. The van der Waals surface area contributed by atoms with Crippen LogP contribution in [0.4, 0.5) is 5.69 Å². The van der Waals surface area contributed by atoms with Gasteiger partial charge in [0.1, 0.15) is 5.75 Å². The van der Waals surface area contributed by atoms with Gasteiger partial charge in [-0.25, -0.2) is 8.42 Å². The van der Waals surface area contributed by atoms with Gasteiger partial charge in [0.2, 0.25) is 0 Å². The van der Waals surface area contributed by atoms with Gasteiger partial charge < -0.3 is 10.4 Å². The van der Waals surface area contributed by atoms with Crippen LogP contribution in [0.15, 0.2) is 42.5 Å². The molecule has 2 aromatic carbocycles. The van der Waals surface area contributed by atoms with Crippen molar-refractivity contribution in [3.05, 3.63) is 59.2 Å². The molecule has 6 heteroatoms. The Morgan fingerprint density at radius 2 is 1.80 bits per heavy atom. The molecule has 134 valence electrons. The maximum Gasteiger partial charge on any atom is 0.255 e. The number of aromatic hydroxyl groups is 1. The summed E-state index contributed by atoms with van der Waals surface area (Å²) in [6.07, 6.45) is 1.15. The Balaban J connectivity index is 2.27. The molecule has 0 atom stereocenters. The summed E-state index contributed by atoms with van der Waals surface area (Å²) in [6.45, 7) is 6.12. The molecule has 0 unspecified atom stereocenters. The number of phenols is 1. The van der Waals surface area contributed by atoms with Crippen molar-refractivity contribution < 1.29 is 18.3 Å². The van der Waals surface area contributed by atoms with Gasteiger partial charge in [0.25, 0.3) is 5.91 Å². The first-order valence-corrected chi connectivity index (χ1v) is 9.93. The Kier molecular flexibility index (Phi) is 5.23. The Bertz CT molecular complexity index is 896. The predicted molar refractivity (Wildman–Crippen MR) is 99.7 cm³/mol. The van der Waals surface area contributed by atoms with Gasteiger partial charge in [0.15, 0.2) is 9.84 Å². The lowest BCUT2D eigenvalue weighted by atomic mass is 9.87. The highest BCUT2D eigenvalue weighted by molar-refractivity contribution is 7.89. The molecular weight excluding hydrogens is 338 g/mol. The summed E-state index contributed by atoms with van der Waals surface area (Å²) < 4.78 is 22.8. The van der Waals surface area contributed by atoms with Crippen LogP contribution in [0.5, 0.6) is 5.75 Å². The SMILES string of the molecule is CC(C)(C)c1ccc(O)c(NC(=O)c2cccc(CS(C)(=O)=O)c2)c1. The first-order valence-electron chi connectivity index (χ1n) is 7.87. The topological polar surface area (TPSA) is 83.5 Å². The maximum atomic E-state index is 12.5. The quantitative estimate of drug-likeness (QED) is 0.817. The third kappa shape index (κ3) is 5.32. The van der Waals surface area contributed by atoms with Crippen LogP contribution in [0.25, 0.3) is 0 Å². The lowest BCUT2D eigenvalue weighted by molar-refractivity contribution is 0.102. The number of nitrogens with one attached hydrogen (secondary N) is 1. The smallest absolute Gasteiger partial charge is 0.255 e. The molecule has 0 saturated heterocycles. The fourth-order valence-electron chi connectivity index (χ4n) is 2.40. The van der Waals surface area contributed by atoms with Crippen LogP contribution in [0.3, 0.4) is 0 Å². The Hall–Kier alpha value is -2.34. The van der Waals surface area contributed by atoms with Gasteiger partial charge in [-0.05, 0) is 40.8 Å². The zero-order chi connectivity index (χ0) is 18.8. The summed E-state index contributed by atoms with van der Waals surface area (Å²) in [6, 6.07) is 11.6. The van der Waals surface area contributed by atoms with Gasteiger partial charge in [0.05, 0.1) is 11.4 Å². The summed E-state index contributed by atoms with van der Waals surface area (Å²) in [7, 11) is -3.18. The van der Waals surface area contributed by atoms with Crippen molar-refractivity contribution in [1.29, 1.82) is 0 Å². The fraction of sp³-hybridized carbons (Fsp3) is 0.316. The van der Waals surface area contributed by atoms with Crippen LogP contribution in [0, 0.1) is 0 Å². The molecule has 0 bridgehead atoms. The molecule has 0 aliphatic carbocycles. The van der Waals surface area contributed by atoms with Gasteiger partial charge in [-0.15, -0.1) is 0 Å². The van der Waals surface area contributed by atoms with E-state index in [1.54, 1.807) is 36.4 Å². The van der Waals surface area contributed by atoms with Crippen molar-refractivity contribution in [1.82, 2.24) is 0 Å². The first kappa shape index (κ1) is 19.0. The number of phenolic OH excluding ortho intramolecular Hbond substituents is 1. The van der Waals surface area contributed by atoms with E-state index in [9.17, 15) is 18.3 Å². The molecule has 0 spiro atoms. The van der Waals surface area contributed by atoms with Crippen molar-refractivity contribution in [2.75, 3.05) is 11.6 Å². The van der Waals surface area contributed by atoms with Crippen LogP contribution in [-0.4, -0.2) is 25.7 Å². The van der Waals surface area contributed by atoms with Gasteiger partial charge in [0, 0.05) is 11.8 Å². The maximum absolute atomic E-state index is 12.5. The van der Waals surface area contributed by atoms with Crippen molar-refractivity contribution >= 4 is 21.4 Å². The van der Waals surface area contributed by atoms with E-state index in [2.05, 4.69) is 5.32 Å². The average Bonchev–Trinajstić information content (AvgIpc) is 2.46. The van der Waals surface area contributed by atoms with Crippen molar-refractivity contribution in [3.63, 3.8) is 0 Å². The first-order chi connectivity index (χ1) is 11.5. The molecule has 2 N–H and O–H groups in total. The number of benzene rings is 2. The molecule has 5 nitrogen and oxygen atoms in total. The summed E-state index contributed by atoms with van der Waals surface area (Å²) in [5, 5.41) is 12.7. The second kappa shape index (κ2) is 6.88. The molecular formula is C19H23NO4S. The summed E-state index contributed by atoms with van der Waals surface area (Å²) >= 11 is 0. The molecule has 2 rings (SSSR count). The van der Waals surface area contributed by atoms with Crippen molar-refractivity contribution in [2.24, 2.45) is 0 Å². The van der Waals surface area contributed by atoms with Crippen molar-refractivity contribution in [3.8, 4) is 5.75 Å². The van der Waals surface area contributed by atoms with Gasteiger partial charge in [-0.2, -0.15) is 0 Å². The number of sulfone groups is 1. The van der Waals surface area contributed by atoms with E-state index in [4.69, 9.17) is 0 Å². The molecule has 0 aliphatic heterocycles. The molecule has 0 saturated carbocycles. The highest BCUT2D eigenvalue weighted by atomic mass is 32.2. The predicted octanol–water partition coefficient (Wildman–Crippen LogP) is 3.49. The summed E-state index contributed by atoms with van der Waals surface area (Å²) in [5.41, 5.74) is 2.06. The van der Waals surface area contributed by atoms with E-state index in [1.807, 2.05) is 26.8 Å².